The molecule has 0 bridgehead atoms. The molecule has 2 aromatic rings. The van der Waals surface area contributed by atoms with Crippen LogP contribution in [0.25, 0.3) is 10.9 Å². The number of aromatic amines is 1. The highest BCUT2D eigenvalue weighted by atomic mass is 28.3. The Balaban J connectivity index is 1.58. The van der Waals surface area contributed by atoms with Crippen molar-refractivity contribution in [2.24, 2.45) is 5.41 Å². The van der Waals surface area contributed by atoms with Crippen molar-refractivity contribution >= 4 is 24.9 Å². The van der Waals surface area contributed by atoms with Gasteiger partial charge < -0.3 is 14.6 Å². The molecule has 2 fully saturated rings. The van der Waals surface area contributed by atoms with E-state index in [0.717, 1.165) is 37.9 Å². The van der Waals surface area contributed by atoms with Gasteiger partial charge in [0.05, 0.1) is 14.7 Å². The average Bonchev–Trinajstić information content (AvgIpc) is 3.23. The third-order valence-corrected chi connectivity index (χ3v) is 9.85. The van der Waals surface area contributed by atoms with Crippen LogP contribution < -0.4 is 0 Å². The zero-order chi connectivity index (χ0) is 19.2. The summed E-state index contributed by atoms with van der Waals surface area (Å²) in [6.45, 7) is 11.2. The lowest BCUT2D eigenvalue weighted by Crippen LogP contribution is -2.56. The van der Waals surface area contributed by atoms with Crippen LogP contribution in [0.4, 0.5) is 0 Å². The number of carbonyl (C=O) groups excluding carboxylic acids is 1. The van der Waals surface area contributed by atoms with Crippen LogP contribution in [0.3, 0.4) is 0 Å². The number of nitrogens with zero attached hydrogens (tertiary/aromatic N) is 1. The monoisotopic (exact) mass is 384 g/mol. The van der Waals surface area contributed by atoms with E-state index >= 15 is 0 Å². The molecule has 2 unspecified atom stereocenters. The van der Waals surface area contributed by atoms with Gasteiger partial charge >= 0.3 is 0 Å². The highest BCUT2D eigenvalue weighted by Crippen LogP contribution is 2.57. The molecule has 0 radical (unpaired) electrons. The minimum Gasteiger partial charge on any atom is -0.361 e. The number of H-pyrrole nitrogens is 1. The Bertz CT molecular complexity index is 840. The number of aromatic nitrogens is 1. The third-order valence-electron chi connectivity index (χ3n) is 7.01. The second-order valence-corrected chi connectivity index (χ2v) is 14.8. The van der Waals surface area contributed by atoms with Gasteiger partial charge in [-0.15, -0.1) is 0 Å². The van der Waals surface area contributed by atoms with E-state index in [4.69, 9.17) is 4.74 Å². The summed E-state index contributed by atoms with van der Waals surface area (Å²) in [6.07, 6.45) is 5.68. The first-order valence-corrected chi connectivity index (χ1v) is 13.9. The van der Waals surface area contributed by atoms with Crippen molar-refractivity contribution in [3.05, 3.63) is 36.0 Å². The van der Waals surface area contributed by atoms with Crippen LogP contribution in [0, 0.1) is 5.41 Å². The first-order chi connectivity index (χ1) is 12.9. The number of likely N-dealkylation sites (tertiary alicyclic amines) is 1. The molecule has 3 atom stereocenters. The van der Waals surface area contributed by atoms with E-state index in [9.17, 15) is 4.79 Å². The first-order valence-electron chi connectivity index (χ1n) is 10.3. The molecule has 0 aliphatic carbocycles. The summed E-state index contributed by atoms with van der Waals surface area (Å²) in [5.41, 5.74) is 3.23. The van der Waals surface area contributed by atoms with Crippen molar-refractivity contribution in [1.82, 2.24) is 9.88 Å². The normalized spacial score (nSPS) is 28.7. The molecule has 1 amide bonds. The van der Waals surface area contributed by atoms with Crippen LogP contribution >= 0.6 is 0 Å². The minimum atomic E-state index is -1.36. The van der Waals surface area contributed by atoms with Gasteiger partial charge in [-0.1, -0.05) is 44.8 Å². The topological polar surface area (TPSA) is 45.3 Å². The molecule has 5 heteroatoms. The Hall–Kier alpha value is -1.59. The van der Waals surface area contributed by atoms with Crippen molar-refractivity contribution in [1.29, 1.82) is 0 Å². The molecule has 1 aromatic heterocycles. The highest BCUT2D eigenvalue weighted by molar-refractivity contribution is 6.77. The largest absolute Gasteiger partial charge is 0.361 e. The lowest BCUT2D eigenvalue weighted by Gasteiger charge is -2.49. The number of nitrogens with one attached hydrogen (secondary N) is 1. The molecule has 0 saturated carbocycles. The number of ether oxygens (including phenoxy) is 1. The molecular formula is C22H32N2O2Si. The number of hydrogen-bond acceptors (Lipinski definition) is 2. The van der Waals surface area contributed by atoms with E-state index in [1.54, 1.807) is 0 Å². The van der Waals surface area contributed by atoms with Gasteiger partial charge in [0.2, 0.25) is 5.91 Å². The fourth-order valence-electron chi connectivity index (χ4n) is 5.53. The Morgan fingerprint density at radius 3 is 2.81 bits per heavy atom. The number of fused-ring (bicyclic) bond motifs is 2. The number of para-hydroxylation sites is 1. The Kier molecular flexibility index (Phi) is 4.71. The maximum Gasteiger partial charge on any atom is 0.224 e. The van der Waals surface area contributed by atoms with Gasteiger partial charge in [-0.05, 0) is 36.4 Å². The van der Waals surface area contributed by atoms with Gasteiger partial charge in [-0.25, -0.2) is 0 Å². The van der Waals surface area contributed by atoms with E-state index in [2.05, 4.69) is 66.9 Å². The zero-order valence-corrected chi connectivity index (χ0v) is 18.0. The Morgan fingerprint density at radius 2 is 2.07 bits per heavy atom. The number of benzene rings is 1. The summed E-state index contributed by atoms with van der Waals surface area (Å²) in [7, 11) is -1.36. The van der Waals surface area contributed by atoms with Gasteiger partial charge in [0.1, 0.15) is 6.23 Å². The molecule has 2 aliphatic heterocycles. The molecule has 2 aliphatic rings. The smallest absolute Gasteiger partial charge is 0.224 e. The molecule has 146 valence electrons. The fourth-order valence-corrected chi connectivity index (χ4v) is 8.35. The van der Waals surface area contributed by atoms with Crippen LogP contribution in [-0.2, 0) is 16.0 Å². The summed E-state index contributed by atoms with van der Waals surface area (Å²) >= 11 is 0. The summed E-state index contributed by atoms with van der Waals surface area (Å²) in [6, 6.07) is 8.39. The Labute approximate surface area is 163 Å². The van der Waals surface area contributed by atoms with E-state index in [1.807, 2.05) is 0 Å². The summed E-state index contributed by atoms with van der Waals surface area (Å²) < 4.78 is 6.36. The molecule has 1 aromatic carbocycles. The quantitative estimate of drug-likeness (QED) is 0.753. The van der Waals surface area contributed by atoms with Crippen LogP contribution in [0.1, 0.15) is 31.7 Å². The summed E-state index contributed by atoms with van der Waals surface area (Å²) in [5, 5.41) is 1.26. The van der Waals surface area contributed by atoms with Gasteiger partial charge in [0.25, 0.3) is 0 Å². The zero-order valence-electron chi connectivity index (χ0n) is 17.0. The van der Waals surface area contributed by atoms with Gasteiger partial charge in [-0.3, -0.25) is 4.79 Å². The molecule has 2 saturated heterocycles. The standard InChI is InChI=1S/C22H32N2O2Si/c1-5-22-12-10-20(25)24(21(22)26-15-19(22)27(2,3)4)13-11-16-14-23-18-9-7-6-8-17(16)18/h6-9,14,19,21,23H,5,10-13,15H2,1-4H3/t19?,21?,22-/m0/s1. The minimum absolute atomic E-state index is 0.0364. The van der Waals surface area contributed by atoms with E-state index < -0.39 is 8.07 Å². The van der Waals surface area contributed by atoms with Crippen molar-refractivity contribution in [2.75, 3.05) is 13.2 Å². The van der Waals surface area contributed by atoms with E-state index in [0.29, 0.717) is 12.0 Å². The molecule has 27 heavy (non-hydrogen) atoms. The SMILES string of the molecule is CC[C@@]12CCC(=O)N(CCc3c[nH]c4ccccc34)C1OCC2[Si](C)(C)C. The first kappa shape index (κ1) is 18.8. The molecular weight excluding hydrogens is 352 g/mol. The van der Waals surface area contributed by atoms with Gasteiger partial charge in [0.15, 0.2) is 0 Å². The molecule has 4 nitrogen and oxygen atoms in total. The molecule has 4 rings (SSSR count). The van der Waals surface area contributed by atoms with Gasteiger partial charge in [-0.2, -0.15) is 0 Å². The number of rotatable bonds is 5. The third kappa shape index (κ3) is 3.05. The summed E-state index contributed by atoms with van der Waals surface area (Å²) in [5.74, 6) is 0.264. The summed E-state index contributed by atoms with van der Waals surface area (Å²) in [4.78, 5) is 18.2. The second kappa shape index (κ2) is 6.78. The number of amides is 1. The maximum atomic E-state index is 12.8. The van der Waals surface area contributed by atoms with Crippen LogP contribution in [0.5, 0.6) is 0 Å². The molecule has 0 spiro atoms. The lowest BCUT2D eigenvalue weighted by molar-refractivity contribution is -0.160. The lowest BCUT2D eigenvalue weighted by atomic mass is 9.74. The van der Waals surface area contributed by atoms with Crippen LogP contribution in [0.15, 0.2) is 30.5 Å². The molecule has 1 N–H and O–H groups in total. The maximum absolute atomic E-state index is 12.8. The second-order valence-electron chi connectivity index (χ2n) is 9.39. The fraction of sp³-hybridized carbons (Fsp3) is 0.591. The number of carbonyl (C=O) groups is 1. The van der Waals surface area contributed by atoms with Crippen molar-refractivity contribution in [2.45, 2.75) is 64.0 Å². The van der Waals surface area contributed by atoms with E-state index in [1.165, 1.54) is 10.9 Å². The van der Waals surface area contributed by atoms with Crippen LogP contribution in [-0.4, -0.2) is 43.2 Å². The van der Waals surface area contributed by atoms with Crippen molar-refractivity contribution in [3.8, 4) is 0 Å². The van der Waals surface area contributed by atoms with E-state index in [-0.39, 0.29) is 17.6 Å². The molecule has 3 heterocycles. The van der Waals surface area contributed by atoms with Crippen LogP contribution in [0.2, 0.25) is 25.2 Å². The predicted octanol–water partition coefficient (Wildman–Crippen LogP) is 4.79. The average molecular weight is 385 g/mol. The number of hydrogen-bond donors (Lipinski definition) is 1. The van der Waals surface area contributed by atoms with Gasteiger partial charge in [0, 0.05) is 35.5 Å². The van der Waals surface area contributed by atoms with Crippen molar-refractivity contribution < 1.29 is 9.53 Å². The number of piperidine rings is 1. The Morgan fingerprint density at radius 1 is 1.30 bits per heavy atom. The highest BCUT2D eigenvalue weighted by Gasteiger charge is 2.58. The predicted molar refractivity (Wildman–Crippen MR) is 113 cm³/mol. The van der Waals surface area contributed by atoms with Crippen molar-refractivity contribution in [3.63, 3.8) is 0 Å².